The van der Waals surface area contributed by atoms with Gasteiger partial charge in [0.2, 0.25) is 5.91 Å². The zero-order chi connectivity index (χ0) is 30.3. The fourth-order valence-corrected chi connectivity index (χ4v) is 6.92. The summed E-state index contributed by atoms with van der Waals surface area (Å²) in [6.45, 7) is 12.0. The Balaban J connectivity index is 0.00000264. The van der Waals surface area contributed by atoms with Crippen molar-refractivity contribution >= 4 is 47.5 Å². The van der Waals surface area contributed by atoms with E-state index in [9.17, 15) is 23.5 Å². The molecule has 2 aliphatic rings. The lowest BCUT2D eigenvalue weighted by Crippen LogP contribution is -2.63. The predicted molar refractivity (Wildman–Crippen MR) is 175 cm³/mol. The van der Waals surface area contributed by atoms with E-state index in [0.717, 1.165) is 22.4 Å². The number of fused-ring (bicyclic) bond motifs is 1. The number of amides is 1. The first-order valence-corrected chi connectivity index (χ1v) is 14.8. The Labute approximate surface area is 271 Å². The van der Waals surface area contributed by atoms with E-state index in [1.165, 1.54) is 12.1 Å². The lowest BCUT2D eigenvalue weighted by Gasteiger charge is -2.47. The molecule has 2 heterocycles. The number of likely N-dealkylation sites (tertiary alicyclic amines) is 1. The van der Waals surface area contributed by atoms with Crippen LogP contribution in [0.4, 0.5) is 8.78 Å². The maximum Gasteiger partial charge on any atom is 0.321 e. The first-order chi connectivity index (χ1) is 19.8. The van der Waals surface area contributed by atoms with Crippen LogP contribution in [0.5, 0.6) is 0 Å². The van der Waals surface area contributed by atoms with E-state index < -0.39 is 35.5 Å². The number of carboxylic acids is 1. The number of piperazine rings is 1. The molecule has 0 spiro atoms. The monoisotopic (exact) mass is 649 g/mol. The number of carbonyl (C=O) groups is 2. The van der Waals surface area contributed by atoms with Gasteiger partial charge in [-0.3, -0.25) is 19.4 Å². The Kier molecular flexibility index (Phi) is 11.4. The van der Waals surface area contributed by atoms with Crippen LogP contribution in [0.3, 0.4) is 0 Å². The van der Waals surface area contributed by atoms with E-state index in [4.69, 9.17) is 0 Å². The second-order valence-corrected chi connectivity index (χ2v) is 13.1. The summed E-state index contributed by atoms with van der Waals surface area (Å²) in [4.78, 5) is 32.8. The highest BCUT2D eigenvalue weighted by Crippen LogP contribution is 2.39. The van der Waals surface area contributed by atoms with Gasteiger partial charge in [0.1, 0.15) is 17.7 Å². The molecule has 5 atom stereocenters. The van der Waals surface area contributed by atoms with E-state index in [1.54, 1.807) is 0 Å². The first-order valence-electron chi connectivity index (χ1n) is 14.8. The zero-order valence-corrected chi connectivity index (χ0v) is 27.5. The number of halogens is 4. The number of rotatable bonds is 6. The number of hydrogen-bond donors (Lipinski definition) is 1. The van der Waals surface area contributed by atoms with Crippen molar-refractivity contribution < 1.29 is 23.5 Å². The van der Waals surface area contributed by atoms with E-state index >= 15 is 0 Å². The topological polar surface area (TPSA) is 64.1 Å². The average Bonchev–Trinajstić information content (AvgIpc) is 3.37. The maximum atomic E-state index is 15.0. The number of carboxylic acid groups (broad SMARTS) is 1. The molecule has 0 saturated carbocycles. The molecular formula is C34H43Cl2F2N3O3. The standard InChI is InChI=1S/C34H41F2N3O3.2ClH/c1-21-17-37(31(33(41)42)15-23-10-11-24-8-6-7-9-25(24)14-23)18-22(2)39(21)32(40)29-20-38(34(3,4)5)19-28(29)27-13-12-26(35)16-30(27)36;;/h6-14,16,21-22,28-29,31H,15,17-20H2,1-5H3,(H,41,42);2*1H/t21-,22+,28-,29+,31?;;/m0../s1. The van der Waals surface area contributed by atoms with Crippen LogP contribution in [0.25, 0.3) is 10.8 Å². The van der Waals surface area contributed by atoms with Crippen LogP contribution < -0.4 is 0 Å². The van der Waals surface area contributed by atoms with Crippen LogP contribution in [0.15, 0.2) is 60.7 Å². The number of nitrogens with zero attached hydrogens (tertiary/aromatic N) is 3. The summed E-state index contributed by atoms with van der Waals surface area (Å²) in [5.74, 6) is -3.11. The molecule has 1 N–H and O–H groups in total. The van der Waals surface area contributed by atoms with Crippen molar-refractivity contribution in [3.63, 3.8) is 0 Å². The molecule has 240 valence electrons. The molecule has 0 aliphatic carbocycles. The van der Waals surface area contributed by atoms with Crippen LogP contribution in [-0.4, -0.2) is 81.5 Å². The van der Waals surface area contributed by atoms with Gasteiger partial charge in [0.25, 0.3) is 0 Å². The van der Waals surface area contributed by atoms with E-state index in [2.05, 4.69) is 25.7 Å². The normalized spacial score (nSPS) is 23.6. The molecule has 5 rings (SSSR count). The van der Waals surface area contributed by atoms with Crippen molar-refractivity contribution in [2.24, 2.45) is 5.92 Å². The third-order valence-electron chi connectivity index (χ3n) is 9.12. The van der Waals surface area contributed by atoms with Gasteiger partial charge in [-0.25, -0.2) is 8.78 Å². The molecule has 2 fully saturated rings. The van der Waals surface area contributed by atoms with E-state index in [0.29, 0.717) is 38.2 Å². The van der Waals surface area contributed by atoms with Crippen LogP contribution in [-0.2, 0) is 16.0 Å². The summed E-state index contributed by atoms with van der Waals surface area (Å²) in [5, 5.41) is 12.4. The Bertz CT molecular complexity index is 1470. The smallest absolute Gasteiger partial charge is 0.321 e. The molecule has 2 aliphatic heterocycles. The Hall–Kier alpha value is -2.78. The molecular weight excluding hydrogens is 607 g/mol. The molecule has 3 aromatic carbocycles. The summed E-state index contributed by atoms with van der Waals surface area (Å²) >= 11 is 0. The highest BCUT2D eigenvalue weighted by atomic mass is 35.5. The lowest BCUT2D eigenvalue weighted by atomic mass is 9.86. The van der Waals surface area contributed by atoms with E-state index in [-0.39, 0.29) is 48.3 Å². The SMILES string of the molecule is C[C@@H]1CN(C(Cc2ccc3ccccc3c2)C(=O)O)C[C@H](C)N1C(=O)[C@@H]1CN(C(C)(C)C)C[C@H]1c1ccc(F)cc1F.Cl.Cl. The zero-order valence-electron chi connectivity index (χ0n) is 25.9. The van der Waals surface area contributed by atoms with Gasteiger partial charge >= 0.3 is 5.97 Å². The third kappa shape index (κ3) is 7.36. The molecule has 1 amide bonds. The largest absolute Gasteiger partial charge is 0.480 e. The quantitative estimate of drug-likeness (QED) is 0.335. The Morgan fingerprint density at radius 2 is 1.52 bits per heavy atom. The van der Waals surface area contributed by atoms with Crippen LogP contribution in [0, 0.1) is 17.6 Å². The summed E-state index contributed by atoms with van der Waals surface area (Å²) < 4.78 is 28.7. The highest BCUT2D eigenvalue weighted by molar-refractivity contribution is 5.86. The number of carbonyl (C=O) groups excluding carboxylic acids is 1. The van der Waals surface area contributed by atoms with Gasteiger partial charge in [-0.1, -0.05) is 48.5 Å². The molecule has 0 radical (unpaired) electrons. The Morgan fingerprint density at radius 3 is 2.11 bits per heavy atom. The van der Waals surface area contributed by atoms with Crippen molar-refractivity contribution in [3.05, 3.63) is 83.4 Å². The summed E-state index contributed by atoms with van der Waals surface area (Å²) in [6, 6.07) is 16.5. The summed E-state index contributed by atoms with van der Waals surface area (Å²) in [6.07, 6.45) is 0.364. The number of hydrogen-bond acceptors (Lipinski definition) is 4. The molecule has 0 aromatic heterocycles. The molecule has 44 heavy (non-hydrogen) atoms. The molecule has 2 saturated heterocycles. The second-order valence-electron chi connectivity index (χ2n) is 13.1. The summed E-state index contributed by atoms with van der Waals surface area (Å²) in [7, 11) is 0. The third-order valence-corrected chi connectivity index (χ3v) is 9.12. The predicted octanol–water partition coefficient (Wildman–Crippen LogP) is 6.39. The van der Waals surface area contributed by atoms with Gasteiger partial charge in [0.05, 0.1) is 5.92 Å². The molecule has 3 aromatic rings. The average molecular weight is 651 g/mol. The Morgan fingerprint density at radius 1 is 0.886 bits per heavy atom. The van der Waals surface area contributed by atoms with Gasteiger partial charge in [0, 0.05) is 55.8 Å². The second kappa shape index (κ2) is 14.1. The minimum Gasteiger partial charge on any atom is -0.480 e. The van der Waals surface area contributed by atoms with Gasteiger partial charge in [-0.2, -0.15) is 0 Å². The minimum atomic E-state index is -0.884. The molecule has 0 bridgehead atoms. The fraction of sp³-hybridized carbons (Fsp3) is 0.471. The van der Waals surface area contributed by atoms with Gasteiger partial charge in [-0.05, 0) is 69.0 Å². The van der Waals surface area contributed by atoms with Crippen molar-refractivity contribution in [2.45, 2.75) is 70.6 Å². The maximum absolute atomic E-state index is 15.0. The fourth-order valence-electron chi connectivity index (χ4n) is 6.92. The lowest BCUT2D eigenvalue weighted by molar-refractivity contribution is -0.149. The van der Waals surface area contributed by atoms with Crippen LogP contribution in [0.1, 0.15) is 51.7 Å². The van der Waals surface area contributed by atoms with Crippen molar-refractivity contribution in [2.75, 3.05) is 26.2 Å². The minimum absolute atomic E-state index is 0. The van der Waals surface area contributed by atoms with Crippen molar-refractivity contribution in [1.29, 1.82) is 0 Å². The van der Waals surface area contributed by atoms with Crippen molar-refractivity contribution in [1.82, 2.24) is 14.7 Å². The number of benzene rings is 3. The van der Waals surface area contributed by atoms with Gasteiger partial charge in [-0.15, -0.1) is 24.8 Å². The van der Waals surface area contributed by atoms with Crippen LogP contribution >= 0.6 is 24.8 Å². The number of aliphatic carboxylic acids is 1. The van der Waals surface area contributed by atoms with Gasteiger partial charge < -0.3 is 10.0 Å². The van der Waals surface area contributed by atoms with Crippen LogP contribution in [0.2, 0.25) is 0 Å². The molecule has 10 heteroatoms. The highest BCUT2D eigenvalue weighted by Gasteiger charge is 2.47. The molecule has 1 unspecified atom stereocenters. The van der Waals surface area contributed by atoms with Gasteiger partial charge in [0.15, 0.2) is 0 Å². The van der Waals surface area contributed by atoms with E-state index in [1.807, 2.05) is 66.1 Å². The summed E-state index contributed by atoms with van der Waals surface area (Å²) in [5.41, 5.74) is 1.09. The first kappa shape index (κ1) is 35.7. The molecule has 6 nitrogen and oxygen atoms in total. The van der Waals surface area contributed by atoms with Crippen molar-refractivity contribution in [3.8, 4) is 0 Å².